The van der Waals surface area contributed by atoms with Crippen LogP contribution in [0.2, 0.25) is 0 Å². The van der Waals surface area contributed by atoms with Crippen LogP contribution in [0.15, 0.2) is 18.5 Å². The Labute approximate surface area is 69.8 Å². The molecule has 0 bridgehead atoms. The van der Waals surface area contributed by atoms with Gasteiger partial charge in [-0.25, -0.2) is 4.79 Å². The van der Waals surface area contributed by atoms with Gasteiger partial charge in [0.25, 0.3) is 0 Å². The van der Waals surface area contributed by atoms with E-state index < -0.39 is 6.16 Å². The summed E-state index contributed by atoms with van der Waals surface area (Å²) in [4.78, 5) is 13.9. The summed E-state index contributed by atoms with van der Waals surface area (Å²) >= 11 is 0. The van der Waals surface area contributed by atoms with E-state index in [0.717, 1.165) is 12.0 Å². The van der Waals surface area contributed by atoms with Crippen LogP contribution in [0.25, 0.3) is 0 Å². The molecule has 0 unspecified atom stereocenters. The first-order valence-corrected chi connectivity index (χ1v) is 3.57. The fourth-order valence-corrected chi connectivity index (χ4v) is 0.887. The van der Waals surface area contributed by atoms with Gasteiger partial charge in [0.15, 0.2) is 5.75 Å². The predicted molar refractivity (Wildman–Crippen MR) is 42.3 cm³/mol. The largest absolute Gasteiger partial charge is 0.511 e. The van der Waals surface area contributed by atoms with E-state index in [0.29, 0.717) is 5.75 Å². The maximum absolute atomic E-state index is 10.2. The maximum Gasteiger partial charge on any atom is 0.511 e. The molecule has 1 rings (SSSR count). The van der Waals surface area contributed by atoms with Crippen molar-refractivity contribution in [1.29, 1.82) is 0 Å². The Morgan fingerprint density at radius 2 is 2.50 bits per heavy atom. The summed E-state index contributed by atoms with van der Waals surface area (Å²) in [5.74, 6) is 0.313. The Hall–Kier alpha value is -1.58. The van der Waals surface area contributed by atoms with Gasteiger partial charge in [0.1, 0.15) is 0 Å². The van der Waals surface area contributed by atoms with Gasteiger partial charge in [-0.2, -0.15) is 0 Å². The van der Waals surface area contributed by atoms with Gasteiger partial charge in [0, 0.05) is 6.20 Å². The topological polar surface area (TPSA) is 59.4 Å². The van der Waals surface area contributed by atoms with Crippen LogP contribution in [-0.2, 0) is 6.42 Å². The Morgan fingerprint density at radius 3 is 3.08 bits per heavy atom. The zero-order valence-corrected chi connectivity index (χ0v) is 6.65. The number of carboxylic acid groups (broad SMARTS) is 1. The number of ether oxygens (including phenoxy) is 1. The Kier molecular flexibility index (Phi) is 2.63. The molecule has 0 atom stereocenters. The number of hydrogen-bond acceptors (Lipinski definition) is 3. The molecule has 12 heavy (non-hydrogen) atoms. The molecule has 64 valence electrons. The van der Waals surface area contributed by atoms with Crippen molar-refractivity contribution in [2.24, 2.45) is 0 Å². The molecule has 0 aliphatic carbocycles. The summed E-state index contributed by atoms with van der Waals surface area (Å²) in [6.45, 7) is 1.92. The zero-order valence-electron chi connectivity index (χ0n) is 6.65. The van der Waals surface area contributed by atoms with E-state index >= 15 is 0 Å². The van der Waals surface area contributed by atoms with Gasteiger partial charge < -0.3 is 9.84 Å². The summed E-state index contributed by atoms with van der Waals surface area (Å²) in [5.41, 5.74) is 0.840. The number of carbonyl (C=O) groups is 1. The van der Waals surface area contributed by atoms with Crippen LogP contribution < -0.4 is 4.74 Å². The maximum atomic E-state index is 10.2. The molecule has 0 aromatic carbocycles. The average molecular weight is 167 g/mol. The van der Waals surface area contributed by atoms with E-state index in [1.54, 1.807) is 12.3 Å². The van der Waals surface area contributed by atoms with E-state index in [-0.39, 0.29) is 0 Å². The summed E-state index contributed by atoms with van der Waals surface area (Å²) < 4.78 is 4.49. The molecular formula is C8H9NO3. The van der Waals surface area contributed by atoms with E-state index in [1.165, 1.54) is 6.20 Å². The minimum Gasteiger partial charge on any atom is -0.449 e. The second kappa shape index (κ2) is 3.71. The third-order valence-corrected chi connectivity index (χ3v) is 1.45. The van der Waals surface area contributed by atoms with Crippen LogP contribution >= 0.6 is 0 Å². The van der Waals surface area contributed by atoms with Gasteiger partial charge in [0.05, 0.1) is 6.20 Å². The van der Waals surface area contributed by atoms with Crippen molar-refractivity contribution in [2.45, 2.75) is 13.3 Å². The van der Waals surface area contributed by atoms with E-state index in [4.69, 9.17) is 5.11 Å². The Bertz CT molecular complexity index is 285. The second-order valence-corrected chi connectivity index (χ2v) is 2.20. The van der Waals surface area contributed by atoms with E-state index in [1.807, 2.05) is 6.92 Å². The first kappa shape index (κ1) is 8.52. The summed E-state index contributed by atoms with van der Waals surface area (Å²) in [7, 11) is 0. The molecular weight excluding hydrogens is 158 g/mol. The fraction of sp³-hybridized carbons (Fsp3) is 0.250. The number of aryl methyl sites for hydroxylation is 1. The van der Waals surface area contributed by atoms with Gasteiger partial charge in [-0.05, 0) is 18.1 Å². The van der Waals surface area contributed by atoms with Crippen LogP contribution in [0.1, 0.15) is 12.5 Å². The molecule has 1 heterocycles. The molecule has 0 aliphatic heterocycles. The molecule has 1 aromatic heterocycles. The molecule has 0 radical (unpaired) electrons. The summed E-state index contributed by atoms with van der Waals surface area (Å²) in [6.07, 6.45) is 2.42. The number of rotatable bonds is 2. The third kappa shape index (κ3) is 1.95. The SMILES string of the molecule is CCc1ccncc1OC(=O)O. The minimum absolute atomic E-state index is 0.313. The highest BCUT2D eigenvalue weighted by Gasteiger charge is 2.04. The van der Waals surface area contributed by atoms with Crippen LogP contribution in [0.5, 0.6) is 5.75 Å². The minimum atomic E-state index is -1.31. The number of aromatic nitrogens is 1. The lowest BCUT2D eigenvalue weighted by atomic mass is 10.2. The molecule has 1 N–H and O–H groups in total. The fourth-order valence-electron chi connectivity index (χ4n) is 0.887. The highest BCUT2D eigenvalue weighted by molar-refractivity contribution is 5.61. The first-order valence-electron chi connectivity index (χ1n) is 3.57. The highest BCUT2D eigenvalue weighted by Crippen LogP contribution is 2.16. The van der Waals surface area contributed by atoms with Crippen LogP contribution in [0, 0.1) is 0 Å². The van der Waals surface area contributed by atoms with Crippen molar-refractivity contribution in [2.75, 3.05) is 0 Å². The smallest absolute Gasteiger partial charge is 0.449 e. The molecule has 0 fully saturated rings. The molecule has 0 amide bonds. The normalized spacial score (nSPS) is 9.42. The van der Waals surface area contributed by atoms with Crippen molar-refractivity contribution in [1.82, 2.24) is 4.98 Å². The van der Waals surface area contributed by atoms with Gasteiger partial charge in [-0.15, -0.1) is 0 Å². The molecule has 4 nitrogen and oxygen atoms in total. The second-order valence-electron chi connectivity index (χ2n) is 2.20. The lowest BCUT2D eigenvalue weighted by Crippen LogP contribution is -2.05. The lowest BCUT2D eigenvalue weighted by Gasteiger charge is -2.03. The van der Waals surface area contributed by atoms with Crippen molar-refractivity contribution >= 4 is 6.16 Å². The number of pyridine rings is 1. The zero-order chi connectivity index (χ0) is 8.97. The molecule has 4 heteroatoms. The average Bonchev–Trinajstić information content (AvgIpc) is 2.04. The summed E-state index contributed by atoms with van der Waals surface area (Å²) in [6, 6.07) is 1.73. The predicted octanol–water partition coefficient (Wildman–Crippen LogP) is 1.70. The molecule has 1 aromatic rings. The lowest BCUT2D eigenvalue weighted by molar-refractivity contribution is 0.144. The van der Waals surface area contributed by atoms with Gasteiger partial charge >= 0.3 is 6.16 Å². The van der Waals surface area contributed by atoms with Crippen LogP contribution in [0.4, 0.5) is 4.79 Å². The Balaban J connectivity index is 2.89. The van der Waals surface area contributed by atoms with Gasteiger partial charge in [0.2, 0.25) is 0 Å². The van der Waals surface area contributed by atoms with Crippen molar-refractivity contribution in [3.8, 4) is 5.75 Å². The first-order chi connectivity index (χ1) is 5.74. The van der Waals surface area contributed by atoms with Crippen LogP contribution in [0.3, 0.4) is 0 Å². The van der Waals surface area contributed by atoms with Gasteiger partial charge in [-0.3, -0.25) is 4.98 Å². The molecule has 0 saturated carbocycles. The van der Waals surface area contributed by atoms with Crippen molar-refractivity contribution in [3.05, 3.63) is 24.0 Å². The van der Waals surface area contributed by atoms with E-state index in [9.17, 15) is 4.79 Å². The summed E-state index contributed by atoms with van der Waals surface area (Å²) in [5, 5.41) is 8.34. The number of hydrogen-bond donors (Lipinski definition) is 1. The molecule has 0 saturated heterocycles. The highest BCUT2D eigenvalue weighted by atomic mass is 16.7. The quantitative estimate of drug-likeness (QED) is 0.681. The standard InChI is InChI=1S/C8H9NO3/c1-2-6-3-4-9-5-7(6)12-8(10)11/h3-5H,2H2,1H3,(H,10,11). The number of nitrogens with zero attached hydrogens (tertiary/aromatic N) is 1. The third-order valence-electron chi connectivity index (χ3n) is 1.45. The molecule has 0 spiro atoms. The van der Waals surface area contributed by atoms with E-state index in [2.05, 4.69) is 9.72 Å². The monoisotopic (exact) mass is 167 g/mol. The van der Waals surface area contributed by atoms with Crippen molar-refractivity contribution < 1.29 is 14.6 Å². The molecule has 0 aliphatic rings. The van der Waals surface area contributed by atoms with Gasteiger partial charge in [-0.1, -0.05) is 6.92 Å². The van der Waals surface area contributed by atoms with Crippen molar-refractivity contribution in [3.63, 3.8) is 0 Å². The Morgan fingerprint density at radius 1 is 1.75 bits per heavy atom. The van der Waals surface area contributed by atoms with Crippen LogP contribution in [-0.4, -0.2) is 16.2 Å².